The third kappa shape index (κ3) is 3.81. The van der Waals surface area contributed by atoms with E-state index in [1.807, 2.05) is 13.0 Å². The zero-order valence-electron chi connectivity index (χ0n) is 10.1. The molecule has 0 aliphatic rings. The minimum absolute atomic E-state index is 0.272. The minimum atomic E-state index is -0.272. The second-order valence-corrected chi connectivity index (χ2v) is 3.71. The Hall–Kier alpha value is -1.09. The average Bonchev–Trinajstić information content (AvgIpc) is 2.29. The lowest BCUT2D eigenvalue weighted by atomic mass is 10.2. The fraction of sp³-hybridized carbons (Fsp3) is 0.538. The van der Waals surface area contributed by atoms with E-state index in [0.29, 0.717) is 18.9 Å². The summed E-state index contributed by atoms with van der Waals surface area (Å²) in [5.41, 5.74) is 0.887. The third-order valence-electron chi connectivity index (χ3n) is 2.36. The van der Waals surface area contributed by atoms with E-state index in [4.69, 9.17) is 4.74 Å². The zero-order chi connectivity index (χ0) is 11.8. The molecule has 90 valence electrons. The first-order valence-corrected chi connectivity index (χ1v) is 5.90. The lowest BCUT2D eigenvalue weighted by molar-refractivity contribution is 0.290. The van der Waals surface area contributed by atoms with Crippen molar-refractivity contribution >= 4 is 0 Å². The third-order valence-corrected chi connectivity index (χ3v) is 2.36. The van der Waals surface area contributed by atoms with Crippen molar-refractivity contribution < 1.29 is 9.13 Å². The summed E-state index contributed by atoms with van der Waals surface area (Å²) in [5, 5.41) is 3.18. The first kappa shape index (κ1) is 13.0. The zero-order valence-corrected chi connectivity index (χ0v) is 10.1. The van der Waals surface area contributed by atoms with Crippen LogP contribution in [0.15, 0.2) is 18.2 Å². The van der Waals surface area contributed by atoms with Crippen LogP contribution >= 0.6 is 0 Å². The molecule has 0 radical (unpaired) electrons. The number of unbranched alkanes of at least 4 members (excludes halogenated alkanes) is 1. The van der Waals surface area contributed by atoms with Gasteiger partial charge in [-0.3, -0.25) is 0 Å². The molecule has 0 amide bonds. The highest BCUT2D eigenvalue weighted by atomic mass is 19.1. The van der Waals surface area contributed by atoms with Crippen molar-refractivity contribution in [3.05, 3.63) is 29.6 Å². The largest absolute Gasteiger partial charge is 0.490 e. The molecule has 1 N–H and O–H groups in total. The van der Waals surface area contributed by atoms with Crippen LogP contribution in [0, 0.1) is 5.82 Å². The second-order valence-electron chi connectivity index (χ2n) is 3.71. The molecule has 0 aliphatic carbocycles. The maximum atomic E-state index is 13.6. The summed E-state index contributed by atoms with van der Waals surface area (Å²) < 4.78 is 19.0. The van der Waals surface area contributed by atoms with Crippen molar-refractivity contribution in [2.24, 2.45) is 0 Å². The van der Waals surface area contributed by atoms with Crippen LogP contribution in [0.3, 0.4) is 0 Å². The average molecular weight is 225 g/mol. The molecule has 0 fully saturated rings. The molecule has 0 atom stereocenters. The minimum Gasteiger partial charge on any atom is -0.490 e. The molecule has 0 unspecified atom stereocenters. The van der Waals surface area contributed by atoms with Crippen LogP contribution in [0.1, 0.15) is 32.3 Å². The molecular formula is C13H20FNO. The first-order chi connectivity index (χ1) is 7.79. The molecule has 0 heterocycles. The van der Waals surface area contributed by atoms with E-state index in [1.165, 1.54) is 6.07 Å². The molecule has 0 aliphatic heterocycles. The van der Waals surface area contributed by atoms with Crippen molar-refractivity contribution in [1.29, 1.82) is 0 Å². The van der Waals surface area contributed by atoms with E-state index in [0.717, 1.165) is 24.9 Å². The van der Waals surface area contributed by atoms with E-state index < -0.39 is 0 Å². The van der Waals surface area contributed by atoms with Crippen molar-refractivity contribution in [2.45, 2.75) is 33.2 Å². The van der Waals surface area contributed by atoms with Gasteiger partial charge in [0.15, 0.2) is 11.6 Å². The number of para-hydroxylation sites is 1. The molecule has 0 spiro atoms. The molecule has 0 bridgehead atoms. The Morgan fingerprint density at radius 3 is 2.81 bits per heavy atom. The lowest BCUT2D eigenvalue weighted by Gasteiger charge is -2.12. The number of ether oxygens (including phenoxy) is 1. The van der Waals surface area contributed by atoms with E-state index in [2.05, 4.69) is 12.2 Å². The first-order valence-electron chi connectivity index (χ1n) is 5.90. The smallest absolute Gasteiger partial charge is 0.165 e. The predicted octanol–water partition coefficient (Wildman–Crippen LogP) is 3.11. The summed E-state index contributed by atoms with van der Waals surface area (Å²) in [6.45, 7) is 6.21. The van der Waals surface area contributed by atoms with Gasteiger partial charge in [0.05, 0.1) is 6.61 Å². The van der Waals surface area contributed by atoms with E-state index >= 15 is 0 Å². The lowest BCUT2D eigenvalue weighted by Crippen LogP contribution is -2.13. The number of halogens is 1. The summed E-state index contributed by atoms with van der Waals surface area (Å²) >= 11 is 0. The molecule has 1 rings (SSSR count). The Labute approximate surface area is 96.8 Å². The van der Waals surface area contributed by atoms with E-state index in [1.54, 1.807) is 6.07 Å². The molecule has 3 heteroatoms. The monoisotopic (exact) mass is 225 g/mol. The highest BCUT2D eigenvalue weighted by Crippen LogP contribution is 2.22. The normalized spacial score (nSPS) is 10.4. The number of hydrogen-bond acceptors (Lipinski definition) is 2. The SMILES string of the molecule is CCCCOc1c(F)cccc1CNCC. The molecule has 2 nitrogen and oxygen atoms in total. The maximum Gasteiger partial charge on any atom is 0.165 e. The number of hydrogen-bond donors (Lipinski definition) is 1. The van der Waals surface area contributed by atoms with Crippen LogP contribution < -0.4 is 10.1 Å². The Balaban J connectivity index is 2.69. The Kier molecular flexibility index (Phi) is 5.86. The van der Waals surface area contributed by atoms with Gasteiger partial charge in [-0.2, -0.15) is 0 Å². The standard InChI is InChI=1S/C13H20FNO/c1-3-5-9-16-13-11(10-15-4-2)7-6-8-12(13)14/h6-8,15H,3-5,9-10H2,1-2H3. The van der Waals surface area contributed by atoms with Gasteiger partial charge in [0.1, 0.15) is 0 Å². The molecule has 1 aromatic rings. The number of benzene rings is 1. The van der Waals surface area contributed by atoms with Crippen LogP contribution in [0.5, 0.6) is 5.75 Å². The van der Waals surface area contributed by atoms with Gasteiger partial charge in [-0.25, -0.2) is 4.39 Å². The Bertz CT molecular complexity index is 315. The fourth-order valence-corrected chi connectivity index (χ4v) is 1.43. The quantitative estimate of drug-likeness (QED) is 0.720. The van der Waals surface area contributed by atoms with Gasteiger partial charge < -0.3 is 10.1 Å². The highest BCUT2D eigenvalue weighted by molar-refractivity contribution is 5.34. The summed E-state index contributed by atoms with van der Waals surface area (Å²) in [6, 6.07) is 5.05. The Morgan fingerprint density at radius 2 is 2.12 bits per heavy atom. The summed E-state index contributed by atoms with van der Waals surface area (Å²) in [6.07, 6.45) is 2.01. The van der Waals surface area contributed by atoms with Gasteiger partial charge in [-0.05, 0) is 19.0 Å². The van der Waals surface area contributed by atoms with Crippen LogP contribution in [-0.4, -0.2) is 13.2 Å². The van der Waals surface area contributed by atoms with E-state index in [9.17, 15) is 4.39 Å². The van der Waals surface area contributed by atoms with Crippen molar-refractivity contribution in [3.63, 3.8) is 0 Å². The van der Waals surface area contributed by atoms with Crippen molar-refractivity contribution in [1.82, 2.24) is 5.32 Å². The van der Waals surface area contributed by atoms with Crippen LogP contribution in [0.4, 0.5) is 4.39 Å². The summed E-state index contributed by atoms with van der Waals surface area (Å²) in [4.78, 5) is 0. The number of rotatable bonds is 7. The number of nitrogens with one attached hydrogen (secondary N) is 1. The van der Waals surface area contributed by atoms with Crippen molar-refractivity contribution in [2.75, 3.05) is 13.2 Å². The molecule has 0 saturated heterocycles. The van der Waals surface area contributed by atoms with Gasteiger partial charge in [-0.15, -0.1) is 0 Å². The fourth-order valence-electron chi connectivity index (χ4n) is 1.43. The van der Waals surface area contributed by atoms with Gasteiger partial charge in [0.2, 0.25) is 0 Å². The molecule has 0 saturated carbocycles. The maximum absolute atomic E-state index is 13.6. The Morgan fingerprint density at radius 1 is 1.31 bits per heavy atom. The van der Waals surface area contributed by atoms with Crippen molar-refractivity contribution in [3.8, 4) is 5.75 Å². The van der Waals surface area contributed by atoms with Gasteiger partial charge in [-0.1, -0.05) is 32.4 Å². The second kappa shape index (κ2) is 7.23. The predicted molar refractivity (Wildman–Crippen MR) is 64.2 cm³/mol. The van der Waals surface area contributed by atoms with E-state index in [-0.39, 0.29) is 5.82 Å². The van der Waals surface area contributed by atoms with Crippen LogP contribution in [-0.2, 0) is 6.54 Å². The highest BCUT2D eigenvalue weighted by Gasteiger charge is 2.08. The molecule has 1 aromatic carbocycles. The molecule has 16 heavy (non-hydrogen) atoms. The molecule has 0 aromatic heterocycles. The van der Waals surface area contributed by atoms with Gasteiger partial charge >= 0.3 is 0 Å². The van der Waals surface area contributed by atoms with Crippen LogP contribution in [0.2, 0.25) is 0 Å². The summed E-state index contributed by atoms with van der Waals surface area (Å²) in [7, 11) is 0. The van der Waals surface area contributed by atoms with Crippen LogP contribution in [0.25, 0.3) is 0 Å². The summed E-state index contributed by atoms with van der Waals surface area (Å²) in [5.74, 6) is 0.128. The van der Waals surface area contributed by atoms with Gasteiger partial charge in [0, 0.05) is 12.1 Å². The van der Waals surface area contributed by atoms with Gasteiger partial charge in [0.25, 0.3) is 0 Å². The molecular weight excluding hydrogens is 205 g/mol. The topological polar surface area (TPSA) is 21.3 Å².